The molecule has 0 aromatic heterocycles. The number of aliphatic hydroxyl groups is 1. The first kappa shape index (κ1) is 11.8. The highest BCUT2D eigenvalue weighted by Gasteiger charge is 2.23. The lowest BCUT2D eigenvalue weighted by Gasteiger charge is -2.22. The third kappa shape index (κ3) is 2.21. The van der Waals surface area contributed by atoms with Crippen LogP contribution < -0.4 is 5.32 Å². The van der Waals surface area contributed by atoms with Crippen molar-refractivity contribution in [3.05, 3.63) is 23.8 Å². The van der Waals surface area contributed by atoms with E-state index in [2.05, 4.69) is 17.9 Å². The van der Waals surface area contributed by atoms with Crippen molar-refractivity contribution in [3.63, 3.8) is 0 Å². The van der Waals surface area contributed by atoms with Gasteiger partial charge in [-0.1, -0.05) is 6.07 Å². The van der Waals surface area contributed by atoms with Crippen LogP contribution in [-0.2, 0) is 4.79 Å². The fourth-order valence-corrected chi connectivity index (χ4v) is 2.68. The molecular formula is C11H13NO2S2. The lowest BCUT2D eigenvalue weighted by molar-refractivity contribution is -0.115. The molecule has 1 aromatic rings. The Kier molecular flexibility index (Phi) is 3.47. The van der Waals surface area contributed by atoms with E-state index < -0.39 is 6.10 Å². The molecule has 86 valence electrons. The van der Waals surface area contributed by atoms with Crippen LogP contribution in [0.4, 0.5) is 5.69 Å². The highest BCUT2D eigenvalue weighted by atomic mass is 32.2. The van der Waals surface area contributed by atoms with Crippen LogP contribution in [0.1, 0.15) is 18.6 Å². The van der Waals surface area contributed by atoms with E-state index in [1.165, 1.54) is 11.8 Å². The molecule has 0 bridgehead atoms. The van der Waals surface area contributed by atoms with Crippen molar-refractivity contribution >= 4 is 36.0 Å². The average Bonchev–Trinajstić information content (AvgIpc) is 2.29. The minimum atomic E-state index is -0.588. The van der Waals surface area contributed by atoms with Crippen molar-refractivity contribution in [2.24, 2.45) is 0 Å². The number of carbonyl (C=O) groups is 1. The number of amides is 1. The molecular weight excluding hydrogens is 242 g/mol. The zero-order valence-corrected chi connectivity index (χ0v) is 10.5. The number of anilines is 1. The molecule has 2 N–H and O–H groups in total. The Bertz CT molecular complexity index is 422. The second-order valence-corrected chi connectivity index (χ2v) is 5.45. The Morgan fingerprint density at radius 1 is 1.62 bits per heavy atom. The van der Waals surface area contributed by atoms with E-state index >= 15 is 0 Å². The van der Waals surface area contributed by atoms with Gasteiger partial charge in [0.2, 0.25) is 5.91 Å². The van der Waals surface area contributed by atoms with Gasteiger partial charge in [-0.15, -0.1) is 11.8 Å². The molecule has 0 spiro atoms. The van der Waals surface area contributed by atoms with E-state index in [1.54, 1.807) is 0 Å². The molecule has 1 amide bonds. The lowest BCUT2D eigenvalue weighted by atomic mass is 10.1. The number of carbonyl (C=O) groups excluding carboxylic acids is 1. The number of thiol groups is 1. The van der Waals surface area contributed by atoms with Crippen LogP contribution >= 0.6 is 24.4 Å². The van der Waals surface area contributed by atoms with E-state index in [-0.39, 0.29) is 11.2 Å². The van der Waals surface area contributed by atoms with E-state index in [0.717, 1.165) is 16.1 Å². The molecule has 0 saturated heterocycles. The van der Waals surface area contributed by atoms with Gasteiger partial charge >= 0.3 is 0 Å². The SMILES string of the molecule is CC1Sc2ccc(C(O)CS)cc2NC1=O. The first-order valence-electron chi connectivity index (χ1n) is 5.02. The Balaban J connectivity index is 2.32. The van der Waals surface area contributed by atoms with Gasteiger partial charge in [0.15, 0.2) is 0 Å². The first-order chi connectivity index (χ1) is 7.61. The van der Waals surface area contributed by atoms with Gasteiger partial charge in [0.25, 0.3) is 0 Å². The highest BCUT2D eigenvalue weighted by molar-refractivity contribution is 8.00. The van der Waals surface area contributed by atoms with Crippen LogP contribution in [0, 0.1) is 0 Å². The second-order valence-electron chi connectivity index (χ2n) is 3.70. The molecule has 1 aliphatic heterocycles. The third-order valence-electron chi connectivity index (χ3n) is 2.49. The summed E-state index contributed by atoms with van der Waals surface area (Å²) in [5.41, 5.74) is 1.57. The highest BCUT2D eigenvalue weighted by Crippen LogP contribution is 2.36. The van der Waals surface area contributed by atoms with E-state index in [0.29, 0.717) is 5.75 Å². The first-order valence-corrected chi connectivity index (χ1v) is 6.53. The summed E-state index contributed by atoms with van der Waals surface area (Å²) in [4.78, 5) is 12.5. The zero-order chi connectivity index (χ0) is 11.7. The molecule has 16 heavy (non-hydrogen) atoms. The summed E-state index contributed by atoms with van der Waals surface area (Å²) >= 11 is 5.58. The van der Waals surface area contributed by atoms with Gasteiger partial charge in [-0.05, 0) is 24.6 Å². The summed E-state index contributed by atoms with van der Waals surface area (Å²) in [6.45, 7) is 1.87. The van der Waals surface area contributed by atoms with Crippen molar-refractivity contribution in [2.45, 2.75) is 23.2 Å². The number of aliphatic hydroxyl groups excluding tert-OH is 1. The molecule has 1 heterocycles. The molecule has 0 radical (unpaired) electrons. The molecule has 0 fully saturated rings. The van der Waals surface area contributed by atoms with Crippen molar-refractivity contribution in [1.29, 1.82) is 0 Å². The number of benzene rings is 1. The van der Waals surface area contributed by atoms with Crippen LogP contribution in [0.15, 0.2) is 23.1 Å². The fraction of sp³-hybridized carbons (Fsp3) is 0.364. The molecule has 0 aliphatic carbocycles. The van der Waals surface area contributed by atoms with Crippen LogP contribution in [0.5, 0.6) is 0 Å². The Morgan fingerprint density at radius 2 is 2.38 bits per heavy atom. The minimum Gasteiger partial charge on any atom is -0.388 e. The van der Waals surface area contributed by atoms with E-state index in [4.69, 9.17) is 0 Å². The number of fused-ring (bicyclic) bond motifs is 1. The lowest BCUT2D eigenvalue weighted by Crippen LogP contribution is -2.26. The second kappa shape index (κ2) is 4.69. The van der Waals surface area contributed by atoms with Crippen LogP contribution in [0.25, 0.3) is 0 Å². The monoisotopic (exact) mass is 255 g/mol. The van der Waals surface area contributed by atoms with Gasteiger partial charge in [0, 0.05) is 10.6 Å². The molecule has 2 unspecified atom stereocenters. The summed E-state index contributed by atoms with van der Waals surface area (Å²) in [6, 6.07) is 5.61. The molecule has 3 nitrogen and oxygen atoms in total. The smallest absolute Gasteiger partial charge is 0.237 e. The standard InChI is InChI=1S/C11H13NO2S2/c1-6-11(14)12-8-4-7(9(13)5-15)2-3-10(8)16-6/h2-4,6,9,13,15H,5H2,1H3,(H,12,14). The van der Waals surface area contributed by atoms with Crippen molar-refractivity contribution in [3.8, 4) is 0 Å². The summed E-state index contributed by atoms with van der Waals surface area (Å²) in [5.74, 6) is 0.381. The Hall–Kier alpha value is -0.650. The number of rotatable bonds is 2. The Labute approximate surface area is 104 Å². The van der Waals surface area contributed by atoms with Crippen LogP contribution in [-0.4, -0.2) is 22.0 Å². The van der Waals surface area contributed by atoms with Crippen LogP contribution in [0.3, 0.4) is 0 Å². The molecule has 5 heteroatoms. The maximum Gasteiger partial charge on any atom is 0.237 e. The van der Waals surface area contributed by atoms with Crippen molar-refractivity contribution < 1.29 is 9.90 Å². The summed E-state index contributed by atoms with van der Waals surface area (Å²) in [6.07, 6.45) is -0.588. The average molecular weight is 255 g/mol. The van der Waals surface area contributed by atoms with Crippen LogP contribution in [0.2, 0.25) is 0 Å². The van der Waals surface area contributed by atoms with Gasteiger partial charge in [0.1, 0.15) is 0 Å². The van der Waals surface area contributed by atoms with Gasteiger partial charge in [0.05, 0.1) is 17.0 Å². The summed E-state index contributed by atoms with van der Waals surface area (Å²) in [7, 11) is 0. The molecule has 0 saturated carbocycles. The van der Waals surface area contributed by atoms with Gasteiger partial charge in [-0.2, -0.15) is 12.6 Å². The van der Waals surface area contributed by atoms with Gasteiger partial charge in [-0.3, -0.25) is 4.79 Å². The number of hydrogen-bond donors (Lipinski definition) is 3. The normalized spacial score (nSPS) is 21.2. The predicted octanol–water partition coefficient (Wildman–Crippen LogP) is 2.08. The molecule has 2 rings (SSSR count). The quantitative estimate of drug-likeness (QED) is 0.709. The third-order valence-corrected chi connectivity index (χ3v) is 4.02. The topological polar surface area (TPSA) is 49.3 Å². The van der Waals surface area contributed by atoms with E-state index in [1.807, 2.05) is 25.1 Å². The summed E-state index contributed by atoms with van der Waals surface area (Å²) in [5, 5.41) is 12.4. The van der Waals surface area contributed by atoms with Crippen molar-refractivity contribution in [1.82, 2.24) is 0 Å². The van der Waals surface area contributed by atoms with Gasteiger partial charge in [-0.25, -0.2) is 0 Å². The van der Waals surface area contributed by atoms with Crippen molar-refractivity contribution in [2.75, 3.05) is 11.1 Å². The molecule has 1 aliphatic rings. The maximum atomic E-state index is 11.5. The number of thioether (sulfide) groups is 1. The zero-order valence-electron chi connectivity index (χ0n) is 8.80. The van der Waals surface area contributed by atoms with Gasteiger partial charge < -0.3 is 10.4 Å². The fourth-order valence-electron chi connectivity index (χ4n) is 1.54. The van der Waals surface area contributed by atoms with E-state index in [9.17, 15) is 9.90 Å². The minimum absolute atomic E-state index is 0.00927. The number of hydrogen-bond acceptors (Lipinski definition) is 4. The molecule has 1 aromatic carbocycles. The maximum absolute atomic E-state index is 11.5. The Morgan fingerprint density at radius 3 is 3.06 bits per heavy atom. The predicted molar refractivity (Wildman–Crippen MR) is 69.2 cm³/mol. The number of nitrogens with one attached hydrogen (secondary N) is 1. The summed E-state index contributed by atoms with van der Waals surface area (Å²) < 4.78 is 0. The largest absolute Gasteiger partial charge is 0.388 e. The molecule has 2 atom stereocenters.